The van der Waals surface area contributed by atoms with Gasteiger partial charge in [-0.2, -0.15) is 13.2 Å². The van der Waals surface area contributed by atoms with E-state index in [1.807, 2.05) is 6.07 Å². The van der Waals surface area contributed by atoms with Crippen LogP contribution in [-0.4, -0.2) is 46.6 Å². The molecule has 1 fully saturated rings. The van der Waals surface area contributed by atoms with Crippen molar-refractivity contribution in [1.29, 1.82) is 0 Å². The number of piperazine rings is 1. The summed E-state index contributed by atoms with van der Waals surface area (Å²) < 4.78 is 40.5. The van der Waals surface area contributed by atoms with Gasteiger partial charge in [-0.1, -0.05) is 0 Å². The summed E-state index contributed by atoms with van der Waals surface area (Å²) in [6.07, 6.45) is 1.45. The lowest BCUT2D eigenvalue weighted by molar-refractivity contribution is -0.141. The van der Waals surface area contributed by atoms with Gasteiger partial charge < -0.3 is 20.1 Å². The molecule has 1 amide bonds. The van der Waals surface area contributed by atoms with E-state index < -0.39 is 17.8 Å². The predicted molar refractivity (Wildman–Crippen MR) is 106 cm³/mol. The topological polar surface area (TPSA) is 75.1 Å². The molecular weight excluding hydrogens is 397 g/mol. The summed E-state index contributed by atoms with van der Waals surface area (Å²) in [5, 5.41) is 5.82. The number of alkyl halides is 3. The first kappa shape index (κ1) is 19.9. The Morgan fingerprint density at radius 3 is 2.53 bits per heavy atom. The van der Waals surface area contributed by atoms with Crippen molar-refractivity contribution < 1.29 is 18.0 Å². The Hall–Kier alpha value is -3.40. The van der Waals surface area contributed by atoms with Crippen molar-refractivity contribution in [3.8, 4) is 5.69 Å². The number of nitrogens with zero attached hydrogens (tertiary/aromatic N) is 4. The van der Waals surface area contributed by atoms with Gasteiger partial charge in [0, 0.05) is 67.4 Å². The zero-order valence-corrected chi connectivity index (χ0v) is 15.9. The molecular formula is C20H19F3N6O. The van der Waals surface area contributed by atoms with Gasteiger partial charge in [-0.3, -0.25) is 9.78 Å². The van der Waals surface area contributed by atoms with Gasteiger partial charge in [0.05, 0.1) is 6.33 Å². The summed E-state index contributed by atoms with van der Waals surface area (Å²) in [5.41, 5.74) is 0.895. The first-order chi connectivity index (χ1) is 14.4. The van der Waals surface area contributed by atoms with Crippen LogP contribution in [0.1, 0.15) is 16.1 Å². The number of pyridine rings is 1. The van der Waals surface area contributed by atoms with E-state index in [9.17, 15) is 18.0 Å². The smallest absolute Gasteiger partial charge is 0.369 e. The number of nitrogens with one attached hydrogen (secondary N) is 2. The summed E-state index contributed by atoms with van der Waals surface area (Å²) in [6.45, 7) is 3.23. The van der Waals surface area contributed by atoms with Crippen LogP contribution in [0.3, 0.4) is 0 Å². The molecule has 0 spiro atoms. The molecule has 0 saturated carbocycles. The zero-order chi connectivity index (χ0) is 21.1. The minimum atomic E-state index is -4.59. The third-order valence-corrected chi connectivity index (χ3v) is 4.76. The number of hydrogen-bond acceptors (Lipinski definition) is 5. The highest BCUT2D eigenvalue weighted by molar-refractivity contribution is 6.05. The number of benzene rings is 1. The quantitative estimate of drug-likeness (QED) is 0.684. The normalized spacial score (nSPS) is 14.6. The summed E-state index contributed by atoms with van der Waals surface area (Å²) in [6, 6.07) is 7.51. The summed E-state index contributed by atoms with van der Waals surface area (Å²) in [5.74, 6) is -0.507. The minimum absolute atomic E-state index is 0.0269. The Labute approximate surface area is 170 Å². The molecule has 10 heteroatoms. The van der Waals surface area contributed by atoms with Crippen LogP contribution in [0, 0.1) is 0 Å². The van der Waals surface area contributed by atoms with Crippen LogP contribution in [0.15, 0.2) is 55.2 Å². The summed E-state index contributed by atoms with van der Waals surface area (Å²) >= 11 is 0. The Morgan fingerprint density at radius 1 is 1.07 bits per heavy atom. The molecule has 3 aromatic rings. The van der Waals surface area contributed by atoms with Gasteiger partial charge in [0.1, 0.15) is 5.69 Å². The van der Waals surface area contributed by atoms with Gasteiger partial charge in [0.15, 0.2) is 0 Å². The predicted octanol–water partition coefficient (Wildman–Crippen LogP) is 2.95. The molecule has 1 aliphatic rings. The van der Waals surface area contributed by atoms with Gasteiger partial charge in [-0.25, -0.2) is 4.98 Å². The number of halogens is 3. The lowest BCUT2D eigenvalue weighted by atomic mass is 10.1. The average Bonchev–Trinajstić information content (AvgIpc) is 3.29. The molecule has 1 aromatic carbocycles. The summed E-state index contributed by atoms with van der Waals surface area (Å²) in [7, 11) is 0. The van der Waals surface area contributed by atoms with E-state index in [1.54, 1.807) is 35.4 Å². The second-order valence-corrected chi connectivity index (χ2v) is 6.83. The number of rotatable bonds is 4. The first-order valence-electron chi connectivity index (χ1n) is 9.34. The molecule has 2 aromatic heterocycles. The van der Waals surface area contributed by atoms with E-state index in [2.05, 4.69) is 25.5 Å². The fourth-order valence-electron chi connectivity index (χ4n) is 3.26. The van der Waals surface area contributed by atoms with E-state index in [0.29, 0.717) is 5.56 Å². The maximum absolute atomic E-state index is 12.9. The standard InChI is InChI=1S/C20H19F3N6O/c21-20(22,23)18-11-15(1-2-26-18)27-19(30)14-9-16(28-6-3-24-4-7-28)12-17(10-14)29-8-5-25-13-29/h1-2,5,8-13,24H,3-4,6-7H2,(H,26,27,30). The van der Waals surface area contributed by atoms with Crippen molar-refractivity contribution in [1.82, 2.24) is 19.9 Å². The summed E-state index contributed by atoms with van der Waals surface area (Å²) in [4.78, 5) is 22.4. The Kier molecular flexibility index (Phi) is 5.40. The van der Waals surface area contributed by atoms with Gasteiger partial charge in [-0.15, -0.1) is 0 Å². The number of hydrogen-bond donors (Lipinski definition) is 2. The first-order valence-corrected chi connectivity index (χ1v) is 9.34. The number of carbonyl (C=O) groups is 1. The van der Waals surface area contributed by atoms with Crippen LogP contribution in [0.5, 0.6) is 0 Å². The molecule has 2 N–H and O–H groups in total. The number of amides is 1. The SMILES string of the molecule is O=C(Nc1ccnc(C(F)(F)F)c1)c1cc(N2CCNCC2)cc(-n2ccnc2)c1. The van der Waals surface area contributed by atoms with E-state index >= 15 is 0 Å². The zero-order valence-electron chi connectivity index (χ0n) is 15.9. The molecule has 1 saturated heterocycles. The van der Waals surface area contributed by atoms with E-state index in [0.717, 1.165) is 49.8 Å². The molecule has 0 atom stereocenters. The average molecular weight is 416 g/mol. The molecule has 3 heterocycles. The molecule has 0 radical (unpaired) electrons. The lowest BCUT2D eigenvalue weighted by Crippen LogP contribution is -2.43. The second kappa shape index (κ2) is 8.15. The highest BCUT2D eigenvalue weighted by atomic mass is 19.4. The van der Waals surface area contributed by atoms with Gasteiger partial charge in [0.2, 0.25) is 0 Å². The van der Waals surface area contributed by atoms with E-state index in [1.165, 1.54) is 6.07 Å². The molecule has 1 aliphatic heterocycles. The maximum atomic E-state index is 12.9. The van der Waals surface area contributed by atoms with Crippen molar-refractivity contribution in [2.75, 3.05) is 36.4 Å². The highest BCUT2D eigenvalue weighted by Crippen LogP contribution is 2.29. The van der Waals surface area contributed by atoms with Crippen molar-refractivity contribution in [2.24, 2.45) is 0 Å². The Bertz CT molecular complexity index is 1030. The molecule has 7 nitrogen and oxygen atoms in total. The largest absolute Gasteiger partial charge is 0.433 e. The van der Waals surface area contributed by atoms with Crippen LogP contribution >= 0.6 is 0 Å². The van der Waals surface area contributed by atoms with Crippen LogP contribution in [0.4, 0.5) is 24.5 Å². The van der Waals surface area contributed by atoms with E-state index in [-0.39, 0.29) is 5.69 Å². The number of carbonyl (C=O) groups excluding carboxylic acids is 1. The van der Waals surface area contributed by atoms with Crippen molar-refractivity contribution in [3.05, 3.63) is 66.5 Å². The third-order valence-electron chi connectivity index (χ3n) is 4.76. The van der Waals surface area contributed by atoms with Crippen LogP contribution in [0.2, 0.25) is 0 Å². The Morgan fingerprint density at radius 2 is 1.83 bits per heavy atom. The molecule has 30 heavy (non-hydrogen) atoms. The molecule has 0 unspecified atom stereocenters. The minimum Gasteiger partial charge on any atom is -0.369 e. The van der Waals surface area contributed by atoms with Crippen LogP contribution in [-0.2, 0) is 6.18 Å². The number of imidazole rings is 1. The second-order valence-electron chi connectivity index (χ2n) is 6.83. The lowest BCUT2D eigenvalue weighted by Gasteiger charge is -2.30. The van der Waals surface area contributed by atoms with Crippen molar-refractivity contribution in [2.45, 2.75) is 6.18 Å². The molecule has 4 rings (SSSR count). The molecule has 0 bridgehead atoms. The monoisotopic (exact) mass is 416 g/mol. The third kappa shape index (κ3) is 4.43. The fourth-order valence-corrected chi connectivity index (χ4v) is 3.26. The van der Waals surface area contributed by atoms with Crippen LogP contribution < -0.4 is 15.5 Å². The number of anilines is 2. The van der Waals surface area contributed by atoms with Crippen LogP contribution in [0.25, 0.3) is 5.69 Å². The molecule has 156 valence electrons. The molecule has 0 aliphatic carbocycles. The number of aromatic nitrogens is 3. The Balaban J connectivity index is 1.65. The highest BCUT2D eigenvalue weighted by Gasteiger charge is 2.32. The van der Waals surface area contributed by atoms with Crippen molar-refractivity contribution in [3.63, 3.8) is 0 Å². The fraction of sp³-hybridized carbons (Fsp3) is 0.250. The van der Waals surface area contributed by atoms with E-state index in [4.69, 9.17) is 0 Å². The van der Waals surface area contributed by atoms with Gasteiger partial charge in [-0.05, 0) is 30.3 Å². The van der Waals surface area contributed by atoms with Crippen molar-refractivity contribution >= 4 is 17.3 Å². The maximum Gasteiger partial charge on any atom is 0.433 e. The van der Waals surface area contributed by atoms with Gasteiger partial charge >= 0.3 is 6.18 Å². The van der Waals surface area contributed by atoms with Gasteiger partial charge in [0.25, 0.3) is 5.91 Å².